The van der Waals surface area contributed by atoms with E-state index in [1.165, 1.54) is 12.1 Å². The number of Topliss-reactive ketones (excluding diaryl/α,β-unsaturated/α-hetero) is 1. The van der Waals surface area contributed by atoms with Crippen LogP contribution in [-0.4, -0.2) is 10.8 Å². The van der Waals surface area contributed by atoms with Crippen molar-refractivity contribution < 1.29 is 13.6 Å². The summed E-state index contributed by atoms with van der Waals surface area (Å²) in [5, 5.41) is 0. The van der Waals surface area contributed by atoms with Crippen molar-refractivity contribution in [1.29, 1.82) is 0 Å². The van der Waals surface area contributed by atoms with Crippen molar-refractivity contribution in [2.24, 2.45) is 5.92 Å². The van der Waals surface area contributed by atoms with Crippen molar-refractivity contribution in [3.05, 3.63) is 53.3 Å². The van der Waals surface area contributed by atoms with E-state index in [2.05, 4.69) is 11.9 Å². The fourth-order valence-corrected chi connectivity index (χ4v) is 3.03. The molecule has 0 fully saturated rings. The third-order valence-corrected chi connectivity index (χ3v) is 4.11. The monoisotopic (exact) mass is 295 g/mol. The van der Waals surface area contributed by atoms with Crippen molar-refractivity contribution in [2.45, 2.75) is 19.8 Å². The van der Waals surface area contributed by atoms with E-state index < -0.39 is 0 Å². The van der Waals surface area contributed by atoms with Gasteiger partial charge in [-0.2, -0.15) is 0 Å². The summed E-state index contributed by atoms with van der Waals surface area (Å²) in [7, 11) is 0. The third kappa shape index (κ3) is 2.11. The third-order valence-electron chi connectivity index (χ3n) is 4.11. The summed E-state index contributed by atoms with van der Waals surface area (Å²) in [5.74, 6) is 0.673. The summed E-state index contributed by atoms with van der Waals surface area (Å²) >= 11 is 0. The molecule has 110 valence electrons. The Kier molecular flexibility index (Phi) is 2.86. The molecule has 0 amide bonds. The minimum atomic E-state index is -0.296. The fraction of sp³-hybridized carbons (Fsp3) is 0.222. The molecule has 0 spiro atoms. The Labute approximate surface area is 126 Å². The van der Waals surface area contributed by atoms with Gasteiger partial charge < -0.3 is 4.42 Å². The maximum absolute atomic E-state index is 13.0. The second kappa shape index (κ2) is 4.77. The molecule has 1 atom stereocenters. The summed E-state index contributed by atoms with van der Waals surface area (Å²) < 4.78 is 18.8. The van der Waals surface area contributed by atoms with Crippen LogP contribution in [0.1, 0.15) is 29.3 Å². The molecule has 0 bridgehead atoms. The van der Waals surface area contributed by atoms with Crippen LogP contribution < -0.4 is 0 Å². The Hall–Kier alpha value is -2.49. The molecular formula is C18H14FNO2. The Morgan fingerprint density at radius 2 is 1.95 bits per heavy atom. The lowest BCUT2D eigenvalue weighted by Gasteiger charge is -2.19. The maximum atomic E-state index is 13.0. The molecule has 0 saturated heterocycles. The van der Waals surface area contributed by atoms with Gasteiger partial charge in [0.1, 0.15) is 11.3 Å². The van der Waals surface area contributed by atoms with Crippen LogP contribution in [0.25, 0.3) is 22.6 Å². The van der Waals surface area contributed by atoms with Gasteiger partial charge >= 0.3 is 0 Å². The van der Waals surface area contributed by atoms with Gasteiger partial charge in [0.05, 0.1) is 0 Å². The zero-order chi connectivity index (χ0) is 15.3. The summed E-state index contributed by atoms with van der Waals surface area (Å²) in [6.07, 6.45) is 1.46. The molecule has 4 heteroatoms. The number of fused-ring (bicyclic) bond motifs is 2. The standard InChI is InChI=1S/C18H14FNO2/c1-10-6-12-8-17-15(9-14(12)16(21)7-10)20-18(22-17)11-2-4-13(19)5-3-11/h2-5,8-10H,6-7H2,1H3. The molecule has 2 aromatic carbocycles. The number of oxazole rings is 1. The van der Waals surface area contributed by atoms with Crippen LogP contribution in [0.2, 0.25) is 0 Å². The topological polar surface area (TPSA) is 43.1 Å². The van der Waals surface area contributed by atoms with Gasteiger partial charge in [-0.25, -0.2) is 9.37 Å². The van der Waals surface area contributed by atoms with Gasteiger partial charge in [0.2, 0.25) is 5.89 Å². The van der Waals surface area contributed by atoms with Gasteiger partial charge in [0.25, 0.3) is 0 Å². The average molecular weight is 295 g/mol. The van der Waals surface area contributed by atoms with Crippen LogP contribution in [0.15, 0.2) is 40.8 Å². The molecule has 3 nitrogen and oxygen atoms in total. The Morgan fingerprint density at radius 3 is 2.73 bits per heavy atom. The van der Waals surface area contributed by atoms with Crippen molar-refractivity contribution in [1.82, 2.24) is 4.98 Å². The van der Waals surface area contributed by atoms with Crippen molar-refractivity contribution in [3.8, 4) is 11.5 Å². The number of nitrogens with zero attached hydrogens (tertiary/aromatic N) is 1. The Balaban J connectivity index is 1.84. The van der Waals surface area contributed by atoms with Gasteiger partial charge in [-0.05, 0) is 54.3 Å². The van der Waals surface area contributed by atoms with E-state index in [4.69, 9.17) is 4.42 Å². The zero-order valence-corrected chi connectivity index (χ0v) is 12.1. The molecule has 22 heavy (non-hydrogen) atoms. The molecular weight excluding hydrogens is 281 g/mol. The highest BCUT2D eigenvalue weighted by Crippen LogP contribution is 2.31. The van der Waals surface area contributed by atoms with Crippen molar-refractivity contribution in [3.63, 3.8) is 0 Å². The summed E-state index contributed by atoms with van der Waals surface area (Å²) in [6, 6.07) is 9.74. The van der Waals surface area contributed by atoms with E-state index in [1.54, 1.807) is 12.1 Å². The largest absolute Gasteiger partial charge is 0.436 e. The van der Waals surface area contributed by atoms with Crippen LogP contribution in [-0.2, 0) is 6.42 Å². The quantitative estimate of drug-likeness (QED) is 0.668. The first-order valence-electron chi connectivity index (χ1n) is 7.33. The summed E-state index contributed by atoms with van der Waals surface area (Å²) in [4.78, 5) is 16.6. The minimum absolute atomic E-state index is 0.169. The first-order valence-corrected chi connectivity index (χ1v) is 7.33. The van der Waals surface area contributed by atoms with Gasteiger partial charge in [0, 0.05) is 17.5 Å². The zero-order valence-electron chi connectivity index (χ0n) is 12.1. The number of rotatable bonds is 1. The lowest BCUT2D eigenvalue weighted by Crippen LogP contribution is -2.17. The molecule has 0 N–H and O–H groups in total. The molecule has 0 aliphatic heterocycles. The molecule has 1 aromatic heterocycles. The van der Waals surface area contributed by atoms with Gasteiger partial charge in [-0.15, -0.1) is 0 Å². The number of carbonyl (C=O) groups is 1. The van der Waals surface area contributed by atoms with Crippen LogP contribution >= 0.6 is 0 Å². The van der Waals surface area contributed by atoms with Crippen LogP contribution in [0.3, 0.4) is 0 Å². The van der Waals surface area contributed by atoms with E-state index >= 15 is 0 Å². The minimum Gasteiger partial charge on any atom is -0.436 e. The van der Waals surface area contributed by atoms with E-state index in [9.17, 15) is 9.18 Å². The Bertz CT molecular complexity index is 880. The highest BCUT2D eigenvalue weighted by atomic mass is 19.1. The fourth-order valence-electron chi connectivity index (χ4n) is 3.03. The molecule has 1 heterocycles. The normalized spacial score (nSPS) is 17.7. The molecule has 4 rings (SSSR count). The van der Waals surface area contributed by atoms with Crippen LogP contribution in [0, 0.1) is 11.7 Å². The highest BCUT2D eigenvalue weighted by Gasteiger charge is 2.24. The number of hydrogen-bond donors (Lipinski definition) is 0. The number of aromatic nitrogens is 1. The molecule has 0 saturated carbocycles. The van der Waals surface area contributed by atoms with Gasteiger partial charge in [0.15, 0.2) is 11.4 Å². The molecule has 3 aromatic rings. The first kappa shape index (κ1) is 13.2. The summed E-state index contributed by atoms with van der Waals surface area (Å²) in [5.41, 5.74) is 3.83. The van der Waals surface area contributed by atoms with Crippen LogP contribution in [0.5, 0.6) is 0 Å². The number of hydrogen-bond acceptors (Lipinski definition) is 3. The lowest BCUT2D eigenvalue weighted by atomic mass is 9.84. The molecule has 1 aliphatic carbocycles. The SMILES string of the molecule is CC1CC(=O)c2cc3nc(-c4ccc(F)cc4)oc3cc2C1. The Morgan fingerprint density at radius 1 is 1.18 bits per heavy atom. The van der Waals surface area contributed by atoms with E-state index in [0.29, 0.717) is 29.3 Å². The molecule has 1 aliphatic rings. The van der Waals surface area contributed by atoms with Gasteiger partial charge in [-0.3, -0.25) is 4.79 Å². The van der Waals surface area contributed by atoms with Crippen LogP contribution in [0.4, 0.5) is 4.39 Å². The second-order valence-electron chi connectivity index (χ2n) is 5.94. The van der Waals surface area contributed by atoms with E-state index in [-0.39, 0.29) is 11.6 Å². The van der Waals surface area contributed by atoms with Crippen molar-refractivity contribution in [2.75, 3.05) is 0 Å². The van der Waals surface area contributed by atoms with E-state index in [1.807, 2.05) is 12.1 Å². The maximum Gasteiger partial charge on any atom is 0.227 e. The number of benzene rings is 2. The average Bonchev–Trinajstić information content (AvgIpc) is 2.89. The summed E-state index contributed by atoms with van der Waals surface area (Å²) in [6.45, 7) is 2.08. The number of carbonyl (C=O) groups excluding carboxylic acids is 1. The van der Waals surface area contributed by atoms with E-state index in [0.717, 1.165) is 23.1 Å². The number of ketones is 1. The second-order valence-corrected chi connectivity index (χ2v) is 5.94. The first-order chi connectivity index (χ1) is 10.6. The molecule has 1 unspecified atom stereocenters. The number of halogens is 1. The predicted molar refractivity (Wildman–Crippen MR) is 81.2 cm³/mol. The smallest absolute Gasteiger partial charge is 0.227 e. The highest BCUT2D eigenvalue weighted by molar-refractivity contribution is 6.01. The molecule has 0 radical (unpaired) electrons. The predicted octanol–water partition coefficient (Wildman–Crippen LogP) is 4.40. The lowest BCUT2D eigenvalue weighted by molar-refractivity contribution is 0.0953. The van der Waals surface area contributed by atoms with Gasteiger partial charge in [-0.1, -0.05) is 6.92 Å². The van der Waals surface area contributed by atoms with Crippen molar-refractivity contribution >= 4 is 16.9 Å².